The molecule has 0 radical (unpaired) electrons. The van der Waals surface area contributed by atoms with Gasteiger partial charge in [-0.2, -0.15) is 0 Å². The summed E-state index contributed by atoms with van der Waals surface area (Å²) in [6.07, 6.45) is 0. The van der Waals surface area contributed by atoms with Gasteiger partial charge in [0.2, 0.25) is 0 Å². The normalized spacial score (nSPS) is 10.4. The van der Waals surface area contributed by atoms with Gasteiger partial charge in [0.15, 0.2) is 6.61 Å². The standard InChI is InChI=1S/C19H23NO4S/c1-6-23-19(22)17-13(4)14(5)25-18(17)20-16(21)10-24-15-8-7-11(2)9-12(15)3/h7-9H,6,10H2,1-5H3,(H,20,21). The summed E-state index contributed by atoms with van der Waals surface area (Å²) in [6.45, 7) is 9.61. The Morgan fingerprint density at radius 1 is 1.16 bits per heavy atom. The number of anilines is 1. The average Bonchev–Trinajstić information content (AvgIpc) is 2.81. The number of nitrogens with one attached hydrogen (secondary N) is 1. The highest BCUT2D eigenvalue weighted by molar-refractivity contribution is 7.16. The predicted molar refractivity (Wildman–Crippen MR) is 99.8 cm³/mol. The topological polar surface area (TPSA) is 64.6 Å². The molecule has 6 heteroatoms. The molecule has 5 nitrogen and oxygen atoms in total. The van der Waals surface area contributed by atoms with Crippen molar-refractivity contribution < 1.29 is 19.1 Å². The highest BCUT2D eigenvalue weighted by Gasteiger charge is 2.22. The molecular formula is C19H23NO4S. The molecule has 2 rings (SSSR count). The summed E-state index contributed by atoms with van der Waals surface area (Å²) in [4.78, 5) is 25.3. The number of carbonyl (C=O) groups is 2. The molecular weight excluding hydrogens is 338 g/mol. The summed E-state index contributed by atoms with van der Waals surface area (Å²) in [5.74, 6) is -0.0633. The van der Waals surface area contributed by atoms with Crippen LogP contribution in [0.5, 0.6) is 5.75 Å². The van der Waals surface area contributed by atoms with Crippen molar-refractivity contribution in [3.63, 3.8) is 0 Å². The minimum Gasteiger partial charge on any atom is -0.483 e. The van der Waals surface area contributed by atoms with Crippen LogP contribution in [-0.2, 0) is 9.53 Å². The third-order valence-electron chi connectivity index (χ3n) is 3.81. The van der Waals surface area contributed by atoms with Gasteiger partial charge in [-0.3, -0.25) is 4.79 Å². The summed E-state index contributed by atoms with van der Waals surface area (Å²) in [7, 11) is 0. The summed E-state index contributed by atoms with van der Waals surface area (Å²) >= 11 is 1.36. The first-order chi connectivity index (χ1) is 11.8. The number of hydrogen-bond donors (Lipinski definition) is 1. The van der Waals surface area contributed by atoms with Crippen LogP contribution >= 0.6 is 11.3 Å². The zero-order chi connectivity index (χ0) is 18.6. The Labute approximate surface area is 152 Å². The van der Waals surface area contributed by atoms with Crippen LogP contribution < -0.4 is 10.1 Å². The molecule has 1 N–H and O–H groups in total. The lowest BCUT2D eigenvalue weighted by Gasteiger charge is -2.10. The molecule has 0 saturated heterocycles. The van der Waals surface area contributed by atoms with Crippen LogP contribution in [0, 0.1) is 27.7 Å². The first kappa shape index (κ1) is 19.0. The molecule has 0 bridgehead atoms. The van der Waals surface area contributed by atoms with E-state index >= 15 is 0 Å². The SMILES string of the molecule is CCOC(=O)c1c(NC(=O)COc2ccc(C)cc2C)sc(C)c1C. The van der Waals surface area contributed by atoms with Gasteiger partial charge in [0, 0.05) is 4.88 Å². The van der Waals surface area contributed by atoms with Gasteiger partial charge < -0.3 is 14.8 Å². The van der Waals surface area contributed by atoms with E-state index in [1.807, 2.05) is 45.9 Å². The van der Waals surface area contributed by atoms with Crippen molar-refractivity contribution in [1.29, 1.82) is 0 Å². The lowest BCUT2D eigenvalue weighted by Crippen LogP contribution is -2.21. The molecule has 2 aromatic rings. The number of aryl methyl sites for hydroxylation is 3. The van der Waals surface area contributed by atoms with Crippen molar-refractivity contribution >= 4 is 28.2 Å². The van der Waals surface area contributed by atoms with Gasteiger partial charge in [0.1, 0.15) is 10.8 Å². The average molecular weight is 361 g/mol. The first-order valence-corrected chi connectivity index (χ1v) is 8.92. The molecule has 1 heterocycles. The second-order valence-corrected chi connectivity index (χ2v) is 7.04. The number of carbonyl (C=O) groups excluding carboxylic acids is 2. The third-order valence-corrected chi connectivity index (χ3v) is 4.93. The van der Waals surface area contributed by atoms with E-state index in [1.54, 1.807) is 6.92 Å². The smallest absolute Gasteiger partial charge is 0.341 e. The van der Waals surface area contributed by atoms with Gasteiger partial charge in [-0.15, -0.1) is 11.3 Å². The Kier molecular flexibility index (Phi) is 6.20. The maximum absolute atomic E-state index is 12.2. The monoisotopic (exact) mass is 361 g/mol. The van der Waals surface area contributed by atoms with Crippen molar-refractivity contribution in [2.75, 3.05) is 18.5 Å². The van der Waals surface area contributed by atoms with E-state index in [1.165, 1.54) is 11.3 Å². The second kappa shape index (κ2) is 8.16. The quantitative estimate of drug-likeness (QED) is 0.784. The lowest BCUT2D eigenvalue weighted by molar-refractivity contribution is -0.118. The molecule has 1 aromatic heterocycles. The Morgan fingerprint density at radius 3 is 2.52 bits per heavy atom. The molecule has 0 unspecified atom stereocenters. The number of rotatable bonds is 6. The molecule has 1 aromatic carbocycles. The number of hydrogen-bond acceptors (Lipinski definition) is 5. The molecule has 0 fully saturated rings. The van der Waals surface area contributed by atoms with E-state index in [0.29, 0.717) is 16.3 Å². The molecule has 1 amide bonds. The van der Waals surface area contributed by atoms with Crippen molar-refractivity contribution in [3.8, 4) is 5.75 Å². The van der Waals surface area contributed by atoms with Gasteiger partial charge in [-0.25, -0.2) is 4.79 Å². The molecule has 25 heavy (non-hydrogen) atoms. The Balaban J connectivity index is 2.08. The maximum Gasteiger partial charge on any atom is 0.341 e. The fraction of sp³-hybridized carbons (Fsp3) is 0.368. The van der Waals surface area contributed by atoms with Crippen molar-refractivity contribution in [3.05, 3.63) is 45.3 Å². The Morgan fingerprint density at radius 2 is 1.88 bits per heavy atom. The third kappa shape index (κ3) is 4.60. The highest BCUT2D eigenvalue weighted by atomic mass is 32.1. The fourth-order valence-corrected chi connectivity index (χ4v) is 3.50. The summed E-state index contributed by atoms with van der Waals surface area (Å²) in [5.41, 5.74) is 3.36. The summed E-state index contributed by atoms with van der Waals surface area (Å²) < 4.78 is 10.7. The van der Waals surface area contributed by atoms with E-state index in [0.717, 1.165) is 21.6 Å². The molecule has 0 aliphatic rings. The maximum atomic E-state index is 12.2. The minimum atomic E-state index is -0.421. The van der Waals surface area contributed by atoms with Crippen LogP contribution in [0.2, 0.25) is 0 Å². The van der Waals surface area contributed by atoms with Crippen LogP contribution in [-0.4, -0.2) is 25.1 Å². The molecule has 0 aliphatic carbocycles. The number of esters is 1. The molecule has 0 spiro atoms. The zero-order valence-electron chi connectivity index (χ0n) is 15.2. The van der Waals surface area contributed by atoms with Gasteiger partial charge in [0.05, 0.1) is 12.2 Å². The predicted octanol–water partition coefficient (Wildman–Crippen LogP) is 4.18. The Bertz CT molecular complexity index is 795. The van der Waals surface area contributed by atoms with E-state index in [9.17, 15) is 9.59 Å². The van der Waals surface area contributed by atoms with Crippen molar-refractivity contribution in [2.24, 2.45) is 0 Å². The number of benzene rings is 1. The van der Waals surface area contributed by atoms with Crippen LogP contribution in [0.15, 0.2) is 18.2 Å². The zero-order valence-corrected chi connectivity index (χ0v) is 16.0. The van der Waals surface area contributed by atoms with Crippen LogP contribution in [0.25, 0.3) is 0 Å². The van der Waals surface area contributed by atoms with Crippen LogP contribution in [0.3, 0.4) is 0 Å². The number of ether oxygens (including phenoxy) is 2. The number of thiophene rings is 1. The molecule has 0 atom stereocenters. The molecule has 134 valence electrons. The van der Waals surface area contributed by atoms with Gasteiger partial charge in [-0.1, -0.05) is 17.7 Å². The molecule has 0 saturated carbocycles. The fourth-order valence-electron chi connectivity index (χ4n) is 2.43. The number of amides is 1. The van der Waals surface area contributed by atoms with E-state index < -0.39 is 5.97 Å². The van der Waals surface area contributed by atoms with Crippen molar-refractivity contribution in [2.45, 2.75) is 34.6 Å². The lowest BCUT2D eigenvalue weighted by atomic mass is 10.1. The minimum absolute atomic E-state index is 0.123. The van der Waals surface area contributed by atoms with E-state index in [4.69, 9.17) is 9.47 Å². The summed E-state index contributed by atoms with van der Waals surface area (Å²) in [6, 6.07) is 5.78. The van der Waals surface area contributed by atoms with Gasteiger partial charge >= 0.3 is 5.97 Å². The largest absolute Gasteiger partial charge is 0.483 e. The van der Waals surface area contributed by atoms with Crippen LogP contribution in [0.1, 0.15) is 38.8 Å². The van der Waals surface area contributed by atoms with Crippen molar-refractivity contribution in [1.82, 2.24) is 0 Å². The van der Waals surface area contributed by atoms with E-state index in [2.05, 4.69) is 5.32 Å². The van der Waals surface area contributed by atoms with Gasteiger partial charge in [0.25, 0.3) is 5.91 Å². The Hall–Kier alpha value is -2.34. The molecule has 0 aliphatic heterocycles. The first-order valence-electron chi connectivity index (χ1n) is 8.10. The van der Waals surface area contributed by atoms with Crippen LogP contribution in [0.4, 0.5) is 5.00 Å². The summed E-state index contributed by atoms with van der Waals surface area (Å²) in [5, 5.41) is 3.27. The highest BCUT2D eigenvalue weighted by Crippen LogP contribution is 2.33. The second-order valence-electron chi connectivity index (χ2n) is 5.81. The van der Waals surface area contributed by atoms with E-state index in [-0.39, 0.29) is 19.1 Å². The van der Waals surface area contributed by atoms with Gasteiger partial charge in [-0.05, 0) is 51.8 Å².